The van der Waals surface area contributed by atoms with Crippen molar-refractivity contribution < 1.29 is 19.4 Å². The average Bonchev–Trinajstić information content (AvgIpc) is 2.33. The van der Waals surface area contributed by atoms with Gasteiger partial charge in [-0.2, -0.15) is 0 Å². The van der Waals surface area contributed by atoms with E-state index in [4.69, 9.17) is 9.84 Å². The molecule has 0 spiro atoms. The Morgan fingerprint density at radius 2 is 1.85 bits per heavy atom. The lowest BCUT2D eigenvalue weighted by Crippen LogP contribution is -2.53. The Morgan fingerprint density at radius 3 is 2.20 bits per heavy atom. The van der Waals surface area contributed by atoms with Crippen molar-refractivity contribution in [3.63, 3.8) is 0 Å². The summed E-state index contributed by atoms with van der Waals surface area (Å²) < 4.78 is 5.36. The van der Waals surface area contributed by atoms with Crippen molar-refractivity contribution in [3.05, 3.63) is 0 Å². The largest absolute Gasteiger partial charge is 0.464 e. The summed E-state index contributed by atoms with van der Waals surface area (Å²) in [5.74, 6) is 0.253. The molecule has 0 bridgehead atoms. The fraction of sp³-hybridized carbons (Fsp3) is 0.875. The standard InChI is InChI=1S/C15H26O3.CH4O/c1-11(2)7-14(6)8-15(9-16,13(3,4)5)10-18-12(14)17;1-2/h9,11H,7-8,10H2,1-6H3;2H,1H3. The zero-order chi connectivity index (χ0) is 16.2. The molecule has 0 aromatic carbocycles. The van der Waals surface area contributed by atoms with E-state index in [1.54, 1.807) is 0 Å². The van der Waals surface area contributed by atoms with Gasteiger partial charge in [0.1, 0.15) is 12.9 Å². The summed E-state index contributed by atoms with van der Waals surface area (Å²) in [5.41, 5.74) is -1.31. The van der Waals surface area contributed by atoms with Crippen LogP contribution in [0.4, 0.5) is 0 Å². The van der Waals surface area contributed by atoms with Gasteiger partial charge in [-0.3, -0.25) is 4.79 Å². The van der Waals surface area contributed by atoms with Crippen LogP contribution in [0.15, 0.2) is 0 Å². The Morgan fingerprint density at radius 1 is 1.35 bits per heavy atom. The van der Waals surface area contributed by atoms with E-state index >= 15 is 0 Å². The highest BCUT2D eigenvalue weighted by atomic mass is 16.5. The first-order valence-electron chi connectivity index (χ1n) is 7.15. The smallest absolute Gasteiger partial charge is 0.311 e. The normalized spacial score (nSPS) is 30.4. The monoisotopic (exact) mass is 286 g/mol. The van der Waals surface area contributed by atoms with Gasteiger partial charge in [-0.15, -0.1) is 0 Å². The van der Waals surface area contributed by atoms with E-state index in [2.05, 4.69) is 13.8 Å². The molecule has 1 aliphatic heterocycles. The molecule has 0 aliphatic carbocycles. The molecule has 4 nitrogen and oxygen atoms in total. The second-order valence-corrected chi connectivity index (χ2v) is 7.44. The number of aliphatic hydroxyl groups is 1. The van der Waals surface area contributed by atoms with Gasteiger partial charge in [0.15, 0.2) is 0 Å². The van der Waals surface area contributed by atoms with E-state index in [0.29, 0.717) is 12.3 Å². The maximum atomic E-state index is 12.0. The second kappa shape index (κ2) is 6.70. The molecule has 2 atom stereocenters. The number of aliphatic hydroxyl groups excluding tert-OH is 1. The number of ether oxygens (including phenoxy) is 1. The van der Waals surface area contributed by atoms with Gasteiger partial charge in [-0.05, 0) is 31.1 Å². The summed E-state index contributed by atoms with van der Waals surface area (Å²) in [4.78, 5) is 23.7. The fourth-order valence-electron chi connectivity index (χ4n) is 2.98. The van der Waals surface area contributed by atoms with E-state index in [0.717, 1.165) is 19.8 Å². The third-order valence-electron chi connectivity index (χ3n) is 4.24. The van der Waals surface area contributed by atoms with Crippen LogP contribution in [0.1, 0.15) is 54.4 Å². The molecule has 1 saturated heterocycles. The zero-order valence-corrected chi connectivity index (χ0v) is 13.9. The molecule has 4 heteroatoms. The number of hydrogen-bond acceptors (Lipinski definition) is 4. The van der Waals surface area contributed by atoms with Crippen molar-refractivity contribution in [2.75, 3.05) is 13.7 Å². The molecule has 0 aromatic heterocycles. The quantitative estimate of drug-likeness (QED) is 0.640. The van der Waals surface area contributed by atoms with Gasteiger partial charge in [0.05, 0.1) is 10.8 Å². The Balaban J connectivity index is 0.00000172. The molecule has 1 aliphatic rings. The molecule has 0 aromatic rings. The highest BCUT2D eigenvalue weighted by Gasteiger charge is 2.54. The first-order chi connectivity index (χ1) is 9.06. The minimum atomic E-state index is -0.565. The molecule has 20 heavy (non-hydrogen) atoms. The first kappa shape index (κ1) is 19.1. The molecule has 1 N–H and O–H groups in total. The maximum absolute atomic E-state index is 12.0. The van der Waals surface area contributed by atoms with E-state index in [9.17, 15) is 9.59 Å². The Labute approximate surface area is 122 Å². The number of cyclic esters (lactones) is 1. The van der Waals surface area contributed by atoms with Gasteiger partial charge in [0.2, 0.25) is 0 Å². The molecule has 0 amide bonds. The van der Waals surface area contributed by atoms with Crippen LogP contribution < -0.4 is 0 Å². The predicted molar refractivity (Wildman–Crippen MR) is 79.2 cm³/mol. The fourth-order valence-corrected chi connectivity index (χ4v) is 2.98. The lowest BCUT2D eigenvalue weighted by molar-refractivity contribution is -0.182. The summed E-state index contributed by atoms with van der Waals surface area (Å²) in [6.45, 7) is 12.4. The number of carbonyl (C=O) groups excluding carboxylic acids is 2. The number of carbonyl (C=O) groups is 2. The van der Waals surface area contributed by atoms with Crippen LogP contribution in [0.2, 0.25) is 0 Å². The summed E-state index contributed by atoms with van der Waals surface area (Å²) >= 11 is 0. The van der Waals surface area contributed by atoms with E-state index in [-0.39, 0.29) is 18.0 Å². The molecule has 2 unspecified atom stereocenters. The lowest BCUT2D eigenvalue weighted by Gasteiger charge is -2.48. The molecule has 1 fully saturated rings. The van der Waals surface area contributed by atoms with Crippen LogP contribution in [0.3, 0.4) is 0 Å². The minimum Gasteiger partial charge on any atom is -0.464 e. The van der Waals surface area contributed by atoms with Crippen LogP contribution in [-0.4, -0.2) is 31.1 Å². The van der Waals surface area contributed by atoms with Gasteiger partial charge in [0.25, 0.3) is 0 Å². The van der Waals surface area contributed by atoms with Crippen LogP contribution >= 0.6 is 0 Å². The van der Waals surface area contributed by atoms with Crippen LogP contribution in [-0.2, 0) is 14.3 Å². The number of rotatable bonds is 3. The topological polar surface area (TPSA) is 63.6 Å². The Kier molecular flexibility index (Phi) is 6.40. The molecular formula is C16H30O4. The third kappa shape index (κ3) is 3.81. The van der Waals surface area contributed by atoms with Crippen LogP contribution in [0, 0.1) is 22.2 Å². The van der Waals surface area contributed by atoms with Gasteiger partial charge >= 0.3 is 5.97 Å². The molecule has 0 radical (unpaired) electrons. The van der Waals surface area contributed by atoms with Crippen LogP contribution in [0.5, 0.6) is 0 Å². The van der Waals surface area contributed by atoms with E-state index in [1.807, 2.05) is 27.7 Å². The second-order valence-electron chi connectivity index (χ2n) is 7.44. The SMILES string of the molecule is CC(C)CC1(C)CC(C=O)(C(C)(C)C)COC1=O.CO. The number of hydrogen-bond donors (Lipinski definition) is 1. The van der Waals surface area contributed by atoms with Crippen molar-refractivity contribution in [2.45, 2.75) is 54.4 Å². The molecule has 0 saturated carbocycles. The van der Waals surface area contributed by atoms with Gasteiger partial charge < -0.3 is 14.6 Å². The molecule has 1 rings (SSSR count). The summed E-state index contributed by atoms with van der Waals surface area (Å²) in [7, 11) is 1.00. The summed E-state index contributed by atoms with van der Waals surface area (Å²) in [5, 5.41) is 7.00. The zero-order valence-electron chi connectivity index (χ0n) is 13.9. The van der Waals surface area contributed by atoms with Crippen molar-refractivity contribution >= 4 is 12.3 Å². The molecule has 1 heterocycles. The van der Waals surface area contributed by atoms with Crippen molar-refractivity contribution in [3.8, 4) is 0 Å². The third-order valence-corrected chi connectivity index (χ3v) is 4.24. The predicted octanol–water partition coefficient (Wildman–Crippen LogP) is 2.83. The first-order valence-corrected chi connectivity index (χ1v) is 7.15. The number of esters is 1. The van der Waals surface area contributed by atoms with Gasteiger partial charge in [0, 0.05) is 7.11 Å². The van der Waals surface area contributed by atoms with E-state index in [1.165, 1.54) is 0 Å². The average molecular weight is 286 g/mol. The van der Waals surface area contributed by atoms with Crippen LogP contribution in [0.25, 0.3) is 0 Å². The van der Waals surface area contributed by atoms with Crippen molar-refractivity contribution in [2.24, 2.45) is 22.2 Å². The van der Waals surface area contributed by atoms with Crippen molar-refractivity contribution in [1.29, 1.82) is 0 Å². The maximum Gasteiger partial charge on any atom is 0.311 e. The molecular weight excluding hydrogens is 256 g/mol. The molecule has 118 valence electrons. The summed E-state index contributed by atoms with van der Waals surface area (Å²) in [6.07, 6.45) is 2.35. The minimum absolute atomic E-state index is 0.155. The summed E-state index contributed by atoms with van der Waals surface area (Å²) in [6, 6.07) is 0. The highest BCUT2D eigenvalue weighted by molar-refractivity contribution is 5.79. The van der Waals surface area contributed by atoms with Crippen molar-refractivity contribution in [1.82, 2.24) is 0 Å². The van der Waals surface area contributed by atoms with Gasteiger partial charge in [-0.25, -0.2) is 0 Å². The van der Waals surface area contributed by atoms with Gasteiger partial charge in [-0.1, -0.05) is 34.6 Å². The van der Waals surface area contributed by atoms with E-state index < -0.39 is 10.8 Å². The highest BCUT2D eigenvalue weighted by Crippen LogP contribution is 2.51. The Hall–Kier alpha value is -0.900. The Bertz CT molecular complexity index is 343. The number of aldehydes is 1. The lowest BCUT2D eigenvalue weighted by atomic mass is 9.58.